The lowest BCUT2D eigenvalue weighted by Gasteiger charge is -2.18. The van der Waals surface area contributed by atoms with E-state index in [2.05, 4.69) is 30.1 Å². The van der Waals surface area contributed by atoms with Crippen LogP contribution in [0.1, 0.15) is 5.56 Å². The van der Waals surface area contributed by atoms with Gasteiger partial charge >= 0.3 is 0 Å². The summed E-state index contributed by atoms with van der Waals surface area (Å²) in [6.07, 6.45) is 0. The molecule has 1 aromatic carbocycles. The van der Waals surface area contributed by atoms with Crippen molar-refractivity contribution in [3.05, 3.63) is 23.8 Å². The van der Waals surface area contributed by atoms with Crippen LogP contribution in [0.3, 0.4) is 0 Å². The normalized spacial score (nSPS) is 12.8. The van der Waals surface area contributed by atoms with Crippen LogP contribution in [0.5, 0.6) is 5.75 Å². The Kier molecular flexibility index (Phi) is 3.58. The molecule has 0 radical (unpaired) electrons. The maximum atomic E-state index is 5.42. The minimum absolute atomic E-state index is 0.774. The molecule has 0 aliphatic carbocycles. The Morgan fingerprint density at radius 1 is 1.38 bits per heavy atom. The topological polar surface area (TPSA) is 47.3 Å². The van der Waals surface area contributed by atoms with Gasteiger partial charge in [-0.2, -0.15) is 0 Å². The number of nitrogens with two attached hydrogens (primary N) is 1. The highest BCUT2D eigenvalue weighted by molar-refractivity contribution is 5.59. The van der Waals surface area contributed by atoms with Crippen LogP contribution in [0.15, 0.2) is 18.2 Å². The predicted octanol–water partition coefficient (Wildman–Crippen LogP) is 1.37. The van der Waals surface area contributed by atoms with E-state index in [4.69, 9.17) is 4.74 Å². The molecule has 72 valence electrons. The van der Waals surface area contributed by atoms with E-state index in [1.807, 2.05) is 6.07 Å². The standard InChI is InChI=1S/C9H11NO.CH5N/c1-7-2-3-9-8(6-7)10-4-5-11-9;1-2/h2-3,6,10H,4-5H2,1H3;2H2,1H3. The fraction of sp³-hybridized carbons (Fsp3) is 0.400. The van der Waals surface area contributed by atoms with Crippen LogP contribution in [-0.2, 0) is 0 Å². The predicted molar refractivity (Wildman–Crippen MR) is 55.3 cm³/mol. The monoisotopic (exact) mass is 180 g/mol. The van der Waals surface area contributed by atoms with E-state index in [0.717, 1.165) is 24.6 Å². The summed E-state index contributed by atoms with van der Waals surface area (Å²) in [6.45, 7) is 3.77. The third kappa shape index (κ3) is 2.36. The highest BCUT2D eigenvalue weighted by Gasteiger charge is 2.07. The zero-order chi connectivity index (χ0) is 9.68. The van der Waals surface area contributed by atoms with Crippen molar-refractivity contribution in [1.82, 2.24) is 0 Å². The quantitative estimate of drug-likeness (QED) is 0.634. The molecule has 0 bridgehead atoms. The summed E-state index contributed by atoms with van der Waals surface area (Å²) in [5.74, 6) is 0.974. The van der Waals surface area contributed by atoms with Gasteiger partial charge in [-0.25, -0.2) is 0 Å². The first-order valence-corrected chi connectivity index (χ1v) is 4.41. The lowest BCUT2D eigenvalue weighted by atomic mass is 10.2. The van der Waals surface area contributed by atoms with Crippen LogP contribution in [0.4, 0.5) is 5.69 Å². The zero-order valence-corrected chi connectivity index (χ0v) is 8.13. The van der Waals surface area contributed by atoms with Crippen LogP contribution in [0.25, 0.3) is 0 Å². The first-order valence-electron chi connectivity index (χ1n) is 4.41. The Bertz CT molecular complexity index is 274. The molecule has 0 spiro atoms. The molecule has 1 aromatic rings. The van der Waals surface area contributed by atoms with Crippen molar-refractivity contribution in [2.45, 2.75) is 6.92 Å². The van der Waals surface area contributed by atoms with E-state index in [1.54, 1.807) is 0 Å². The molecule has 0 saturated heterocycles. The van der Waals surface area contributed by atoms with E-state index in [1.165, 1.54) is 12.6 Å². The lowest BCUT2D eigenvalue weighted by molar-refractivity contribution is 0.323. The lowest BCUT2D eigenvalue weighted by Crippen LogP contribution is -2.17. The Hall–Kier alpha value is -1.22. The number of anilines is 1. The molecule has 1 heterocycles. The SMILES string of the molecule is CN.Cc1ccc2c(c1)NCCO2. The van der Waals surface area contributed by atoms with Crippen molar-refractivity contribution in [2.24, 2.45) is 5.73 Å². The third-order valence-electron chi connectivity index (χ3n) is 1.81. The molecule has 3 nitrogen and oxygen atoms in total. The molecular formula is C10H16N2O. The number of benzene rings is 1. The van der Waals surface area contributed by atoms with E-state index in [9.17, 15) is 0 Å². The molecule has 0 fully saturated rings. The Morgan fingerprint density at radius 2 is 2.15 bits per heavy atom. The van der Waals surface area contributed by atoms with Gasteiger partial charge in [-0.1, -0.05) is 6.07 Å². The Morgan fingerprint density at radius 3 is 2.92 bits per heavy atom. The van der Waals surface area contributed by atoms with Gasteiger partial charge in [0.1, 0.15) is 12.4 Å². The summed E-state index contributed by atoms with van der Waals surface area (Å²) in [7, 11) is 1.50. The molecule has 0 atom stereocenters. The van der Waals surface area contributed by atoms with Crippen molar-refractivity contribution in [1.29, 1.82) is 0 Å². The van der Waals surface area contributed by atoms with E-state index < -0.39 is 0 Å². The number of hydrogen-bond acceptors (Lipinski definition) is 3. The number of aryl methyl sites for hydroxylation is 1. The second-order valence-electron chi connectivity index (χ2n) is 2.77. The maximum absolute atomic E-state index is 5.42. The molecule has 0 aromatic heterocycles. The summed E-state index contributed by atoms with van der Waals surface area (Å²) in [6, 6.07) is 6.18. The number of hydrogen-bond donors (Lipinski definition) is 2. The zero-order valence-electron chi connectivity index (χ0n) is 8.13. The molecule has 2 rings (SSSR count). The van der Waals surface area contributed by atoms with E-state index in [-0.39, 0.29) is 0 Å². The molecule has 1 aliphatic rings. The first-order chi connectivity index (χ1) is 6.36. The van der Waals surface area contributed by atoms with Gasteiger partial charge in [0.05, 0.1) is 5.69 Å². The minimum Gasteiger partial charge on any atom is -0.490 e. The molecule has 1 aliphatic heterocycles. The van der Waals surface area contributed by atoms with Gasteiger partial charge in [0.25, 0.3) is 0 Å². The maximum Gasteiger partial charge on any atom is 0.142 e. The largest absolute Gasteiger partial charge is 0.490 e. The molecule has 0 unspecified atom stereocenters. The van der Waals surface area contributed by atoms with Gasteiger partial charge in [-0.15, -0.1) is 0 Å². The summed E-state index contributed by atoms with van der Waals surface area (Å²) in [5, 5.41) is 3.28. The highest BCUT2D eigenvalue weighted by Crippen LogP contribution is 2.27. The van der Waals surface area contributed by atoms with Gasteiger partial charge in [-0.05, 0) is 31.7 Å². The van der Waals surface area contributed by atoms with Crippen LogP contribution in [0, 0.1) is 6.92 Å². The van der Waals surface area contributed by atoms with E-state index >= 15 is 0 Å². The second kappa shape index (κ2) is 4.72. The summed E-state index contributed by atoms with van der Waals surface area (Å²) in [4.78, 5) is 0. The Labute approximate surface area is 78.9 Å². The molecular weight excluding hydrogens is 164 g/mol. The average Bonchev–Trinajstić information content (AvgIpc) is 2.21. The molecule has 3 N–H and O–H groups in total. The average molecular weight is 180 g/mol. The molecule has 0 saturated carbocycles. The van der Waals surface area contributed by atoms with Crippen LogP contribution >= 0.6 is 0 Å². The van der Waals surface area contributed by atoms with Crippen molar-refractivity contribution in [3.63, 3.8) is 0 Å². The first kappa shape index (κ1) is 9.86. The molecule has 13 heavy (non-hydrogen) atoms. The summed E-state index contributed by atoms with van der Waals surface area (Å²) < 4.78 is 5.42. The third-order valence-corrected chi connectivity index (χ3v) is 1.81. The van der Waals surface area contributed by atoms with Gasteiger partial charge < -0.3 is 15.8 Å². The van der Waals surface area contributed by atoms with Gasteiger partial charge in [0.2, 0.25) is 0 Å². The second-order valence-corrected chi connectivity index (χ2v) is 2.77. The Balaban J connectivity index is 0.000000396. The number of fused-ring (bicyclic) bond motifs is 1. The van der Waals surface area contributed by atoms with E-state index in [0.29, 0.717) is 0 Å². The van der Waals surface area contributed by atoms with Crippen LogP contribution in [0.2, 0.25) is 0 Å². The van der Waals surface area contributed by atoms with Crippen molar-refractivity contribution < 1.29 is 4.74 Å². The van der Waals surface area contributed by atoms with Crippen molar-refractivity contribution in [3.8, 4) is 5.75 Å². The van der Waals surface area contributed by atoms with Gasteiger partial charge in [0, 0.05) is 6.54 Å². The smallest absolute Gasteiger partial charge is 0.142 e. The van der Waals surface area contributed by atoms with Gasteiger partial charge in [-0.3, -0.25) is 0 Å². The minimum atomic E-state index is 0.774. The highest BCUT2D eigenvalue weighted by atomic mass is 16.5. The molecule has 0 amide bonds. The van der Waals surface area contributed by atoms with Crippen LogP contribution in [-0.4, -0.2) is 20.2 Å². The number of ether oxygens (including phenoxy) is 1. The fourth-order valence-corrected chi connectivity index (χ4v) is 1.25. The summed E-state index contributed by atoms with van der Waals surface area (Å²) >= 11 is 0. The van der Waals surface area contributed by atoms with Gasteiger partial charge in [0.15, 0.2) is 0 Å². The number of rotatable bonds is 0. The fourth-order valence-electron chi connectivity index (χ4n) is 1.25. The molecule has 3 heteroatoms. The van der Waals surface area contributed by atoms with Crippen molar-refractivity contribution >= 4 is 5.69 Å². The van der Waals surface area contributed by atoms with Crippen LogP contribution < -0.4 is 15.8 Å². The van der Waals surface area contributed by atoms with Crippen molar-refractivity contribution in [2.75, 3.05) is 25.5 Å². The number of nitrogens with one attached hydrogen (secondary N) is 1. The summed E-state index contributed by atoms with van der Waals surface area (Å²) in [5.41, 5.74) is 6.89.